The summed E-state index contributed by atoms with van der Waals surface area (Å²) >= 11 is 0. The topological polar surface area (TPSA) is 32.3 Å². The summed E-state index contributed by atoms with van der Waals surface area (Å²) in [6.07, 6.45) is 6.71. The third-order valence-corrected chi connectivity index (χ3v) is 7.56. The number of likely N-dealkylation sites (tertiary alicyclic amines) is 1. The van der Waals surface area contributed by atoms with Gasteiger partial charge < -0.3 is 5.32 Å². The van der Waals surface area contributed by atoms with Gasteiger partial charge in [-0.3, -0.25) is 9.69 Å². The Labute approximate surface area is 159 Å². The fraction of sp³-hybridized carbons (Fsp3) is 0.857. The maximum absolute atomic E-state index is 12.5. The summed E-state index contributed by atoms with van der Waals surface area (Å²) in [6.45, 7) is 2.06. The van der Waals surface area contributed by atoms with Crippen LogP contribution in [-0.2, 0) is 4.79 Å². The third kappa shape index (κ3) is 4.36. The van der Waals surface area contributed by atoms with Crippen LogP contribution in [0.4, 0.5) is 13.2 Å². The van der Waals surface area contributed by atoms with Crippen molar-refractivity contribution in [3.63, 3.8) is 0 Å². The molecule has 1 N–H and O–H groups in total. The Balaban J connectivity index is 1.30. The molecule has 0 atom stereocenters. The highest BCUT2D eigenvalue weighted by atomic mass is 19.4. The molecule has 0 spiro atoms. The molecule has 0 aromatic heterocycles. The number of carbonyl (C=O) groups excluding carboxylic acids is 1. The monoisotopic (exact) mass is 384 g/mol. The van der Waals surface area contributed by atoms with Gasteiger partial charge in [-0.25, -0.2) is 0 Å². The molecule has 5 rings (SSSR count). The Morgan fingerprint density at radius 2 is 1.59 bits per heavy atom. The average Bonchev–Trinajstić information content (AvgIpc) is 2.54. The number of allylic oxidation sites excluding steroid dienone is 1. The predicted octanol–water partition coefficient (Wildman–Crippen LogP) is 4.29. The summed E-state index contributed by atoms with van der Waals surface area (Å²) in [5.74, 6) is 2.49. The number of hydrogen-bond donors (Lipinski definition) is 1. The highest BCUT2D eigenvalue weighted by molar-refractivity contribution is 5.88. The number of nitrogens with one attached hydrogen (secondary N) is 1. The maximum Gasteiger partial charge on any atom is 0.401 e. The van der Waals surface area contributed by atoms with Crippen molar-refractivity contribution in [2.45, 2.75) is 70.5 Å². The van der Waals surface area contributed by atoms with Crippen LogP contribution < -0.4 is 5.32 Å². The molecule has 152 valence electrons. The van der Waals surface area contributed by atoms with Gasteiger partial charge in [-0.1, -0.05) is 5.57 Å². The molecule has 1 heterocycles. The largest absolute Gasteiger partial charge is 0.401 e. The van der Waals surface area contributed by atoms with Gasteiger partial charge in [0.15, 0.2) is 0 Å². The number of carbonyl (C=O) groups is 1. The SMILES string of the molecule is C/C(=C/C(=O)NC1CCN(CC(F)(F)F)CC1)C12CC3CC(CC(C3)C1)C2. The van der Waals surface area contributed by atoms with E-state index in [4.69, 9.17) is 0 Å². The van der Waals surface area contributed by atoms with Crippen molar-refractivity contribution in [3.8, 4) is 0 Å². The van der Waals surface area contributed by atoms with Gasteiger partial charge >= 0.3 is 6.18 Å². The second-order valence-corrected chi connectivity index (χ2v) is 9.70. The Bertz CT molecular complexity index is 570. The predicted molar refractivity (Wildman–Crippen MR) is 98.0 cm³/mol. The van der Waals surface area contributed by atoms with Crippen LogP contribution in [0, 0.1) is 23.2 Å². The van der Waals surface area contributed by atoms with Gasteiger partial charge in [-0.05, 0) is 81.5 Å². The van der Waals surface area contributed by atoms with Crippen molar-refractivity contribution in [1.82, 2.24) is 10.2 Å². The number of halogens is 3. The minimum absolute atomic E-state index is 0.0117. The van der Waals surface area contributed by atoms with Gasteiger partial charge in [-0.15, -0.1) is 0 Å². The minimum Gasteiger partial charge on any atom is -0.350 e. The van der Waals surface area contributed by atoms with E-state index in [1.54, 1.807) is 6.08 Å². The molecular weight excluding hydrogens is 353 g/mol. The lowest BCUT2D eigenvalue weighted by molar-refractivity contribution is -0.148. The Kier molecular flexibility index (Phi) is 5.06. The average molecular weight is 384 g/mol. The van der Waals surface area contributed by atoms with Crippen LogP contribution in [0.15, 0.2) is 11.6 Å². The normalized spacial score (nSPS) is 37.6. The van der Waals surface area contributed by atoms with E-state index in [1.165, 1.54) is 49.0 Å². The molecular formula is C21H31F3N2O. The fourth-order valence-corrected chi connectivity index (χ4v) is 6.68. The Morgan fingerprint density at radius 3 is 2.07 bits per heavy atom. The van der Waals surface area contributed by atoms with Crippen LogP contribution >= 0.6 is 0 Å². The van der Waals surface area contributed by atoms with E-state index in [2.05, 4.69) is 12.2 Å². The highest BCUT2D eigenvalue weighted by Gasteiger charge is 2.51. The van der Waals surface area contributed by atoms with E-state index in [0.29, 0.717) is 25.9 Å². The molecule has 1 aliphatic heterocycles. The molecule has 27 heavy (non-hydrogen) atoms. The smallest absolute Gasteiger partial charge is 0.350 e. The quantitative estimate of drug-likeness (QED) is 0.734. The number of nitrogens with zero attached hydrogens (tertiary/aromatic N) is 1. The summed E-state index contributed by atoms with van der Waals surface area (Å²) in [5.41, 5.74) is 1.47. The first-order chi connectivity index (χ1) is 12.7. The molecule has 5 aliphatic rings. The van der Waals surface area contributed by atoms with Gasteiger partial charge in [0.25, 0.3) is 0 Å². The molecule has 6 heteroatoms. The molecule has 3 nitrogen and oxygen atoms in total. The van der Waals surface area contributed by atoms with Gasteiger partial charge in [0, 0.05) is 25.2 Å². The zero-order chi connectivity index (χ0) is 19.2. The lowest BCUT2D eigenvalue weighted by atomic mass is 9.48. The number of piperidine rings is 1. The number of alkyl halides is 3. The molecule has 4 saturated carbocycles. The van der Waals surface area contributed by atoms with Crippen molar-refractivity contribution in [1.29, 1.82) is 0 Å². The fourth-order valence-electron chi connectivity index (χ4n) is 6.68. The molecule has 1 saturated heterocycles. The van der Waals surface area contributed by atoms with E-state index in [-0.39, 0.29) is 17.4 Å². The minimum atomic E-state index is -4.15. The Hall–Kier alpha value is -1.04. The van der Waals surface area contributed by atoms with E-state index in [1.807, 2.05) is 0 Å². The van der Waals surface area contributed by atoms with Gasteiger partial charge in [0.2, 0.25) is 5.91 Å². The maximum atomic E-state index is 12.5. The van der Waals surface area contributed by atoms with Crippen LogP contribution in [0.25, 0.3) is 0 Å². The van der Waals surface area contributed by atoms with Crippen molar-refractivity contribution >= 4 is 5.91 Å². The first-order valence-electron chi connectivity index (χ1n) is 10.5. The summed E-state index contributed by atoms with van der Waals surface area (Å²) in [7, 11) is 0. The standard InChI is InChI=1S/C21H31F3N2O/c1-14(20-10-15-7-16(11-20)9-17(8-15)12-20)6-19(27)25-18-2-4-26(5-3-18)13-21(22,23)24/h6,15-18H,2-5,7-13H2,1H3,(H,25,27)/b14-6-. The van der Waals surface area contributed by atoms with Crippen LogP contribution in [-0.4, -0.2) is 42.7 Å². The lowest BCUT2D eigenvalue weighted by Gasteiger charge is -2.57. The van der Waals surface area contributed by atoms with Crippen LogP contribution in [0.5, 0.6) is 0 Å². The number of rotatable bonds is 4. The number of amides is 1. The first kappa shape index (κ1) is 19.3. The van der Waals surface area contributed by atoms with Crippen molar-refractivity contribution in [3.05, 3.63) is 11.6 Å². The van der Waals surface area contributed by atoms with Gasteiger partial charge in [0.05, 0.1) is 6.54 Å². The van der Waals surface area contributed by atoms with E-state index in [9.17, 15) is 18.0 Å². The molecule has 0 radical (unpaired) electrons. The van der Waals surface area contributed by atoms with E-state index < -0.39 is 12.7 Å². The molecule has 0 aromatic rings. The van der Waals surface area contributed by atoms with Gasteiger partial charge in [0.1, 0.15) is 0 Å². The number of hydrogen-bond acceptors (Lipinski definition) is 2. The summed E-state index contributed by atoms with van der Waals surface area (Å²) in [6, 6.07) is -0.0117. The Morgan fingerprint density at radius 1 is 1.07 bits per heavy atom. The molecule has 0 aromatic carbocycles. The van der Waals surface area contributed by atoms with Crippen LogP contribution in [0.2, 0.25) is 0 Å². The second-order valence-electron chi connectivity index (χ2n) is 9.70. The second kappa shape index (κ2) is 7.09. The zero-order valence-electron chi connectivity index (χ0n) is 16.2. The van der Waals surface area contributed by atoms with Crippen molar-refractivity contribution < 1.29 is 18.0 Å². The summed E-state index contributed by atoms with van der Waals surface area (Å²) < 4.78 is 37.4. The van der Waals surface area contributed by atoms with E-state index >= 15 is 0 Å². The third-order valence-electron chi connectivity index (χ3n) is 7.56. The van der Waals surface area contributed by atoms with Crippen molar-refractivity contribution in [2.75, 3.05) is 19.6 Å². The van der Waals surface area contributed by atoms with Crippen molar-refractivity contribution in [2.24, 2.45) is 23.2 Å². The molecule has 4 bridgehead atoms. The lowest BCUT2D eigenvalue weighted by Crippen LogP contribution is -2.48. The van der Waals surface area contributed by atoms with Crippen LogP contribution in [0.1, 0.15) is 58.3 Å². The molecule has 4 aliphatic carbocycles. The first-order valence-corrected chi connectivity index (χ1v) is 10.5. The highest BCUT2D eigenvalue weighted by Crippen LogP contribution is 2.62. The van der Waals surface area contributed by atoms with E-state index in [0.717, 1.165) is 17.8 Å². The molecule has 5 fully saturated rings. The molecule has 1 amide bonds. The zero-order valence-corrected chi connectivity index (χ0v) is 16.2. The summed E-state index contributed by atoms with van der Waals surface area (Å²) in [4.78, 5) is 14.0. The van der Waals surface area contributed by atoms with Crippen LogP contribution in [0.3, 0.4) is 0 Å². The van der Waals surface area contributed by atoms with Gasteiger partial charge in [-0.2, -0.15) is 13.2 Å². The molecule has 0 unspecified atom stereocenters. The summed E-state index contributed by atoms with van der Waals surface area (Å²) in [5, 5.41) is 3.04.